The van der Waals surface area contributed by atoms with Crippen LogP contribution in [0.15, 0.2) is 51.5 Å². The first-order chi connectivity index (χ1) is 10.2. The zero-order valence-corrected chi connectivity index (χ0v) is 12.6. The lowest BCUT2D eigenvalue weighted by atomic mass is 10.1. The number of hydrogen-bond acceptors (Lipinski definition) is 5. The molecule has 0 saturated carbocycles. The molecule has 0 bridgehead atoms. The van der Waals surface area contributed by atoms with E-state index in [1.807, 2.05) is 17.5 Å². The fourth-order valence-corrected chi connectivity index (χ4v) is 2.54. The topological polar surface area (TPSA) is 50.4 Å². The van der Waals surface area contributed by atoms with Gasteiger partial charge in [-0.3, -0.25) is 5.43 Å². The van der Waals surface area contributed by atoms with Gasteiger partial charge < -0.3 is 4.42 Å². The molecule has 1 aromatic carbocycles. The van der Waals surface area contributed by atoms with E-state index in [0.29, 0.717) is 5.76 Å². The van der Waals surface area contributed by atoms with E-state index in [4.69, 9.17) is 4.42 Å². The van der Waals surface area contributed by atoms with E-state index in [1.165, 1.54) is 22.5 Å². The van der Waals surface area contributed by atoms with Crippen LogP contribution in [0.3, 0.4) is 0 Å². The van der Waals surface area contributed by atoms with Crippen molar-refractivity contribution < 1.29 is 4.42 Å². The number of nitrogens with zero attached hydrogens (tertiary/aromatic N) is 2. The van der Waals surface area contributed by atoms with Crippen LogP contribution in [0.5, 0.6) is 0 Å². The van der Waals surface area contributed by atoms with E-state index in [9.17, 15) is 0 Å². The van der Waals surface area contributed by atoms with E-state index >= 15 is 0 Å². The summed E-state index contributed by atoms with van der Waals surface area (Å²) in [5.74, 6) is 0.702. The molecular formula is C16H15N3OS. The maximum atomic E-state index is 5.16. The van der Waals surface area contributed by atoms with Crippen LogP contribution >= 0.6 is 11.3 Å². The lowest BCUT2D eigenvalue weighted by molar-refractivity contribution is 0.560. The molecule has 21 heavy (non-hydrogen) atoms. The SMILES string of the molecule is Cc1ccc(-c2csc(N/N=C\c3ccco3)n2)cc1C. The first-order valence-corrected chi connectivity index (χ1v) is 7.46. The van der Waals surface area contributed by atoms with Crippen molar-refractivity contribution in [3.05, 3.63) is 58.9 Å². The van der Waals surface area contributed by atoms with Gasteiger partial charge in [0.15, 0.2) is 0 Å². The van der Waals surface area contributed by atoms with Gasteiger partial charge in [-0.2, -0.15) is 5.10 Å². The maximum absolute atomic E-state index is 5.16. The van der Waals surface area contributed by atoms with Crippen LogP contribution in [0.2, 0.25) is 0 Å². The number of benzene rings is 1. The van der Waals surface area contributed by atoms with Gasteiger partial charge in [-0.15, -0.1) is 11.3 Å². The van der Waals surface area contributed by atoms with Crippen molar-refractivity contribution in [3.8, 4) is 11.3 Å². The Morgan fingerprint density at radius 3 is 2.90 bits per heavy atom. The normalized spacial score (nSPS) is 11.1. The predicted molar refractivity (Wildman–Crippen MR) is 86.9 cm³/mol. The monoisotopic (exact) mass is 297 g/mol. The smallest absolute Gasteiger partial charge is 0.203 e. The van der Waals surface area contributed by atoms with Crippen molar-refractivity contribution in [2.45, 2.75) is 13.8 Å². The third-order valence-corrected chi connectivity index (χ3v) is 3.95. The minimum atomic E-state index is 0.702. The van der Waals surface area contributed by atoms with Gasteiger partial charge in [-0.05, 0) is 43.2 Å². The van der Waals surface area contributed by atoms with Gasteiger partial charge in [0, 0.05) is 10.9 Å². The summed E-state index contributed by atoms with van der Waals surface area (Å²) in [5.41, 5.74) is 7.55. The summed E-state index contributed by atoms with van der Waals surface area (Å²) in [6.07, 6.45) is 3.24. The number of hydrazone groups is 1. The van der Waals surface area contributed by atoms with Gasteiger partial charge in [0.25, 0.3) is 0 Å². The van der Waals surface area contributed by atoms with Crippen LogP contribution < -0.4 is 5.43 Å². The Labute approximate surface area is 127 Å². The molecule has 0 aliphatic rings. The molecule has 0 radical (unpaired) electrons. The summed E-state index contributed by atoms with van der Waals surface area (Å²) in [5, 5.41) is 6.88. The summed E-state index contributed by atoms with van der Waals surface area (Å²) in [4.78, 5) is 4.53. The van der Waals surface area contributed by atoms with Crippen LogP contribution in [-0.2, 0) is 0 Å². The molecule has 0 atom stereocenters. The molecule has 1 N–H and O–H groups in total. The first kappa shape index (κ1) is 13.6. The Kier molecular flexibility index (Phi) is 3.83. The van der Waals surface area contributed by atoms with Crippen molar-refractivity contribution >= 4 is 22.7 Å². The highest BCUT2D eigenvalue weighted by Gasteiger charge is 2.05. The van der Waals surface area contributed by atoms with Gasteiger partial charge in [-0.1, -0.05) is 12.1 Å². The molecule has 3 rings (SSSR count). The molecule has 0 fully saturated rings. The third-order valence-electron chi connectivity index (χ3n) is 3.20. The Morgan fingerprint density at radius 1 is 1.24 bits per heavy atom. The molecule has 2 aromatic heterocycles. The summed E-state index contributed by atoms with van der Waals surface area (Å²) in [7, 11) is 0. The molecule has 3 aromatic rings. The molecule has 0 aliphatic carbocycles. The average molecular weight is 297 g/mol. The number of rotatable bonds is 4. The van der Waals surface area contributed by atoms with E-state index < -0.39 is 0 Å². The van der Waals surface area contributed by atoms with Crippen molar-refractivity contribution in [3.63, 3.8) is 0 Å². The average Bonchev–Trinajstić information content (AvgIpc) is 3.13. The molecule has 4 nitrogen and oxygen atoms in total. The zero-order chi connectivity index (χ0) is 14.7. The molecule has 0 saturated heterocycles. The number of hydrogen-bond donors (Lipinski definition) is 1. The molecule has 0 spiro atoms. The van der Waals surface area contributed by atoms with Gasteiger partial charge in [-0.25, -0.2) is 4.98 Å². The minimum Gasteiger partial charge on any atom is -0.463 e. The molecule has 106 valence electrons. The number of thiazole rings is 1. The fraction of sp³-hybridized carbons (Fsp3) is 0.125. The number of aryl methyl sites for hydroxylation is 2. The predicted octanol–water partition coefficient (Wildman–Crippen LogP) is 4.47. The van der Waals surface area contributed by atoms with Crippen LogP contribution in [0.4, 0.5) is 5.13 Å². The molecule has 0 unspecified atom stereocenters. The van der Waals surface area contributed by atoms with Crippen LogP contribution in [-0.4, -0.2) is 11.2 Å². The van der Waals surface area contributed by atoms with Gasteiger partial charge in [0.2, 0.25) is 5.13 Å². The Morgan fingerprint density at radius 2 is 2.14 bits per heavy atom. The van der Waals surface area contributed by atoms with Gasteiger partial charge in [0.05, 0.1) is 18.2 Å². The molecule has 0 aliphatic heterocycles. The standard InChI is InChI=1S/C16H15N3OS/c1-11-5-6-13(8-12(11)2)15-10-21-16(18-15)19-17-9-14-4-3-7-20-14/h3-10H,1-2H3,(H,18,19)/b17-9-. The highest BCUT2D eigenvalue weighted by atomic mass is 32.1. The Hall–Kier alpha value is -2.40. The summed E-state index contributed by atoms with van der Waals surface area (Å²) in [6, 6.07) is 10.0. The lowest BCUT2D eigenvalue weighted by Gasteiger charge is -2.02. The number of nitrogens with one attached hydrogen (secondary N) is 1. The van der Waals surface area contributed by atoms with Crippen molar-refractivity contribution in [1.29, 1.82) is 0 Å². The lowest BCUT2D eigenvalue weighted by Crippen LogP contribution is -1.89. The van der Waals surface area contributed by atoms with Crippen LogP contribution in [0.1, 0.15) is 16.9 Å². The quantitative estimate of drug-likeness (QED) is 0.571. The molecule has 0 amide bonds. The van der Waals surface area contributed by atoms with E-state index in [1.54, 1.807) is 12.5 Å². The molecule has 5 heteroatoms. The first-order valence-electron chi connectivity index (χ1n) is 6.58. The fourth-order valence-electron chi connectivity index (χ4n) is 1.87. The van der Waals surface area contributed by atoms with Crippen LogP contribution in [0, 0.1) is 13.8 Å². The number of aromatic nitrogens is 1. The highest BCUT2D eigenvalue weighted by molar-refractivity contribution is 7.14. The summed E-state index contributed by atoms with van der Waals surface area (Å²) < 4.78 is 5.16. The second-order valence-electron chi connectivity index (χ2n) is 4.72. The van der Waals surface area contributed by atoms with Crippen molar-refractivity contribution in [2.75, 3.05) is 5.43 Å². The summed E-state index contributed by atoms with van der Waals surface area (Å²) >= 11 is 1.53. The summed E-state index contributed by atoms with van der Waals surface area (Å²) in [6.45, 7) is 4.22. The Balaban J connectivity index is 1.72. The minimum absolute atomic E-state index is 0.702. The third kappa shape index (κ3) is 3.20. The number of anilines is 1. The van der Waals surface area contributed by atoms with E-state index in [-0.39, 0.29) is 0 Å². The van der Waals surface area contributed by atoms with E-state index in [0.717, 1.165) is 16.4 Å². The molecule has 2 heterocycles. The van der Waals surface area contributed by atoms with Crippen molar-refractivity contribution in [2.24, 2.45) is 5.10 Å². The van der Waals surface area contributed by atoms with Crippen molar-refractivity contribution in [1.82, 2.24) is 4.98 Å². The van der Waals surface area contributed by atoms with Gasteiger partial charge >= 0.3 is 0 Å². The highest BCUT2D eigenvalue weighted by Crippen LogP contribution is 2.26. The van der Waals surface area contributed by atoms with Crippen LogP contribution in [0.25, 0.3) is 11.3 Å². The second-order valence-corrected chi connectivity index (χ2v) is 5.58. The second kappa shape index (κ2) is 5.93. The van der Waals surface area contributed by atoms with Gasteiger partial charge in [0.1, 0.15) is 5.76 Å². The number of furan rings is 1. The largest absolute Gasteiger partial charge is 0.463 e. The molecular weight excluding hydrogens is 282 g/mol. The Bertz CT molecular complexity index is 760. The van der Waals surface area contributed by atoms with E-state index in [2.05, 4.69) is 47.6 Å². The maximum Gasteiger partial charge on any atom is 0.203 e. The zero-order valence-electron chi connectivity index (χ0n) is 11.8.